The van der Waals surface area contributed by atoms with Gasteiger partial charge in [-0.15, -0.1) is 0 Å². The van der Waals surface area contributed by atoms with Crippen LogP contribution in [0.4, 0.5) is 5.69 Å². The van der Waals surface area contributed by atoms with Crippen LogP contribution in [0.1, 0.15) is 25.8 Å². The minimum absolute atomic E-state index is 0.213. The Hall–Kier alpha value is -3.06. The Balaban J connectivity index is 1.84. The van der Waals surface area contributed by atoms with E-state index in [1.54, 1.807) is 32.4 Å². The molecule has 0 saturated carbocycles. The van der Waals surface area contributed by atoms with Gasteiger partial charge in [-0.05, 0) is 72.6 Å². The zero-order valence-corrected chi connectivity index (χ0v) is 18.5. The third kappa shape index (κ3) is 7.75. The number of ether oxygens (including phenoxy) is 3. The molecule has 1 amide bonds. The summed E-state index contributed by atoms with van der Waals surface area (Å²) in [5, 5.41) is 5.81. The fourth-order valence-electron chi connectivity index (χ4n) is 2.49. The van der Waals surface area contributed by atoms with Crippen molar-refractivity contribution >= 4 is 35.0 Å². The van der Waals surface area contributed by atoms with Gasteiger partial charge in [0.25, 0.3) is 0 Å². The summed E-state index contributed by atoms with van der Waals surface area (Å²) in [5.74, 6) is 2.28. The number of methoxy groups -OCH3 is 2. The molecular formula is C23H28N2O4S. The van der Waals surface area contributed by atoms with E-state index in [-0.39, 0.29) is 11.0 Å². The Labute approximate surface area is 183 Å². The monoisotopic (exact) mass is 428 g/mol. The molecule has 0 fully saturated rings. The van der Waals surface area contributed by atoms with E-state index in [0.29, 0.717) is 24.0 Å². The molecule has 0 heterocycles. The molecule has 0 unspecified atom stereocenters. The van der Waals surface area contributed by atoms with Crippen molar-refractivity contribution in [3.05, 3.63) is 54.1 Å². The molecule has 0 aliphatic rings. The zero-order valence-electron chi connectivity index (χ0n) is 17.7. The molecule has 6 nitrogen and oxygen atoms in total. The molecule has 0 aromatic heterocycles. The van der Waals surface area contributed by atoms with Crippen molar-refractivity contribution in [3.8, 4) is 17.2 Å². The van der Waals surface area contributed by atoms with E-state index in [1.165, 1.54) is 6.08 Å². The van der Waals surface area contributed by atoms with Gasteiger partial charge in [0, 0.05) is 11.8 Å². The second-order valence-corrected chi connectivity index (χ2v) is 7.35. The number of hydrogen-bond acceptors (Lipinski definition) is 5. The van der Waals surface area contributed by atoms with Gasteiger partial charge in [0.1, 0.15) is 5.75 Å². The van der Waals surface area contributed by atoms with Crippen LogP contribution in [0.25, 0.3) is 6.08 Å². The van der Waals surface area contributed by atoms with Gasteiger partial charge >= 0.3 is 0 Å². The Morgan fingerprint density at radius 1 is 1.07 bits per heavy atom. The van der Waals surface area contributed by atoms with Gasteiger partial charge < -0.3 is 19.5 Å². The largest absolute Gasteiger partial charge is 0.494 e. The van der Waals surface area contributed by atoms with Crippen molar-refractivity contribution in [1.29, 1.82) is 0 Å². The second kappa shape index (κ2) is 11.8. The molecule has 2 aromatic rings. The first-order valence-electron chi connectivity index (χ1n) is 9.66. The summed E-state index contributed by atoms with van der Waals surface area (Å²) in [5.41, 5.74) is 1.56. The quantitative estimate of drug-likeness (QED) is 0.447. The van der Waals surface area contributed by atoms with Gasteiger partial charge in [0.05, 0.1) is 20.8 Å². The van der Waals surface area contributed by atoms with E-state index < -0.39 is 0 Å². The molecule has 160 valence electrons. The molecule has 0 atom stereocenters. The van der Waals surface area contributed by atoms with Crippen LogP contribution >= 0.6 is 12.2 Å². The van der Waals surface area contributed by atoms with Crippen LogP contribution in [-0.2, 0) is 4.79 Å². The lowest BCUT2D eigenvalue weighted by Gasteiger charge is -2.11. The molecule has 30 heavy (non-hydrogen) atoms. The predicted octanol–water partition coefficient (Wildman–Crippen LogP) is 4.66. The minimum atomic E-state index is -0.337. The fourth-order valence-corrected chi connectivity index (χ4v) is 2.71. The van der Waals surface area contributed by atoms with Gasteiger partial charge in [-0.1, -0.05) is 19.9 Å². The zero-order chi connectivity index (χ0) is 21.9. The maximum atomic E-state index is 12.1. The summed E-state index contributed by atoms with van der Waals surface area (Å²) in [6, 6.07) is 12.8. The molecule has 0 aliphatic carbocycles. The van der Waals surface area contributed by atoms with Crippen LogP contribution in [0.15, 0.2) is 48.5 Å². The SMILES string of the molecule is COc1ccc(/C=C/C(=O)NC(=S)Nc2ccc(OCCC(C)C)cc2)cc1OC. The Bertz CT molecular complexity index is 879. The molecule has 0 bridgehead atoms. The average Bonchev–Trinajstić information content (AvgIpc) is 2.73. The third-order valence-corrected chi connectivity index (χ3v) is 4.35. The van der Waals surface area contributed by atoms with E-state index in [0.717, 1.165) is 23.4 Å². The molecule has 2 aromatic carbocycles. The predicted molar refractivity (Wildman–Crippen MR) is 124 cm³/mol. The normalized spacial score (nSPS) is 10.7. The fraction of sp³-hybridized carbons (Fsp3) is 0.304. The van der Waals surface area contributed by atoms with Crippen LogP contribution in [0.3, 0.4) is 0 Å². The Morgan fingerprint density at radius 3 is 2.40 bits per heavy atom. The van der Waals surface area contributed by atoms with Crippen LogP contribution in [0, 0.1) is 5.92 Å². The Morgan fingerprint density at radius 2 is 1.77 bits per heavy atom. The molecule has 2 rings (SSSR count). The van der Waals surface area contributed by atoms with Crippen molar-refractivity contribution in [2.45, 2.75) is 20.3 Å². The van der Waals surface area contributed by atoms with E-state index in [4.69, 9.17) is 26.4 Å². The number of carbonyl (C=O) groups excluding carboxylic acids is 1. The van der Waals surface area contributed by atoms with Gasteiger partial charge in [-0.25, -0.2) is 0 Å². The van der Waals surface area contributed by atoms with Crippen LogP contribution in [0.2, 0.25) is 0 Å². The number of amides is 1. The molecule has 0 spiro atoms. The minimum Gasteiger partial charge on any atom is -0.494 e. The van der Waals surface area contributed by atoms with Gasteiger partial charge in [-0.2, -0.15) is 0 Å². The summed E-state index contributed by atoms with van der Waals surface area (Å²) >= 11 is 5.20. The highest BCUT2D eigenvalue weighted by molar-refractivity contribution is 7.80. The number of anilines is 1. The molecule has 7 heteroatoms. The molecule has 0 aliphatic heterocycles. The van der Waals surface area contributed by atoms with E-state index >= 15 is 0 Å². The molecule has 2 N–H and O–H groups in total. The lowest BCUT2D eigenvalue weighted by Crippen LogP contribution is -2.32. The highest BCUT2D eigenvalue weighted by Crippen LogP contribution is 2.27. The summed E-state index contributed by atoms with van der Waals surface area (Å²) in [6.07, 6.45) is 4.08. The van der Waals surface area contributed by atoms with Crippen molar-refractivity contribution in [2.75, 3.05) is 26.1 Å². The van der Waals surface area contributed by atoms with E-state index in [2.05, 4.69) is 24.5 Å². The molecular weight excluding hydrogens is 400 g/mol. The van der Waals surface area contributed by atoms with Crippen molar-refractivity contribution in [2.24, 2.45) is 5.92 Å². The summed E-state index contributed by atoms with van der Waals surface area (Å²) < 4.78 is 16.1. The number of hydrogen-bond donors (Lipinski definition) is 2. The smallest absolute Gasteiger partial charge is 0.250 e. The number of rotatable bonds is 9. The number of thiocarbonyl (C=S) groups is 1. The first-order chi connectivity index (χ1) is 14.4. The maximum Gasteiger partial charge on any atom is 0.250 e. The van der Waals surface area contributed by atoms with Crippen LogP contribution in [-0.4, -0.2) is 31.8 Å². The van der Waals surface area contributed by atoms with E-state index in [9.17, 15) is 4.79 Å². The lowest BCUT2D eigenvalue weighted by molar-refractivity contribution is -0.115. The maximum absolute atomic E-state index is 12.1. The molecule has 0 saturated heterocycles. The first-order valence-corrected chi connectivity index (χ1v) is 10.1. The van der Waals surface area contributed by atoms with Crippen molar-refractivity contribution < 1.29 is 19.0 Å². The van der Waals surface area contributed by atoms with Gasteiger partial charge in [0.2, 0.25) is 5.91 Å². The Kier molecular flexibility index (Phi) is 9.15. The summed E-state index contributed by atoms with van der Waals surface area (Å²) in [6.45, 7) is 5.01. The van der Waals surface area contributed by atoms with Crippen molar-refractivity contribution in [1.82, 2.24) is 5.32 Å². The highest BCUT2D eigenvalue weighted by atomic mass is 32.1. The van der Waals surface area contributed by atoms with Gasteiger partial charge in [-0.3, -0.25) is 10.1 Å². The lowest BCUT2D eigenvalue weighted by atomic mass is 10.1. The summed E-state index contributed by atoms with van der Waals surface area (Å²) in [7, 11) is 3.13. The van der Waals surface area contributed by atoms with Crippen molar-refractivity contribution in [3.63, 3.8) is 0 Å². The molecule has 0 radical (unpaired) electrons. The first kappa shape index (κ1) is 23.2. The highest BCUT2D eigenvalue weighted by Gasteiger charge is 2.05. The number of benzene rings is 2. The summed E-state index contributed by atoms with van der Waals surface area (Å²) in [4.78, 5) is 12.1. The average molecular weight is 429 g/mol. The van der Waals surface area contributed by atoms with Crippen LogP contribution in [0.5, 0.6) is 17.2 Å². The third-order valence-electron chi connectivity index (χ3n) is 4.15. The van der Waals surface area contributed by atoms with Gasteiger partial charge in [0.15, 0.2) is 16.6 Å². The van der Waals surface area contributed by atoms with Crippen LogP contribution < -0.4 is 24.8 Å². The van der Waals surface area contributed by atoms with E-state index in [1.807, 2.05) is 30.3 Å². The second-order valence-electron chi connectivity index (χ2n) is 6.95. The topological polar surface area (TPSA) is 68.8 Å². The number of nitrogens with one attached hydrogen (secondary N) is 2. The number of carbonyl (C=O) groups is 1. The standard InChI is InChI=1S/C23H28N2O4S/c1-16(2)13-14-29-19-9-7-18(8-10-19)24-23(30)25-22(26)12-6-17-5-11-20(27-3)21(15-17)28-4/h5-12,15-16H,13-14H2,1-4H3,(H2,24,25,26,30)/b12-6+.